The summed E-state index contributed by atoms with van der Waals surface area (Å²) in [4.78, 5) is 12.1. The van der Waals surface area contributed by atoms with Gasteiger partial charge in [0.1, 0.15) is 11.3 Å². The van der Waals surface area contributed by atoms with Gasteiger partial charge in [0.25, 0.3) is 0 Å². The smallest absolute Gasteiger partial charge is 0.220 e. The molecule has 0 saturated carbocycles. The Balaban J connectivity index is 1.50. The minimum atomic E-state index is 0.0254. The van der Waals surface area contributed by atoms with E-state index in [1.54, 1.807) is 0 Å². The third-order valence-corrected chi connectivity index (χ3v) is 4.16. The molecule has 3 rings (SSSR count). The Bertz CT molecular complexity index is 807. The summed E-state index contributed by atoms with van der Waals surface area (Å²) in [6, 6.07) is 17.6. The summed E-state index contributed by atoms with van der Waals surface area (Å²) in [6.07, 6.45) is 1.81. The Morgan fingerprint density at radius 1 is 1.17 bits per heavy atom. The SMILES string of the molecule is CC(Cc1cc2ccccc2o1)NC(=O)CCc1cccc(Cl)c1. The quantitative estimate of drug-likeness (QED) is 0.702. The summed E-state index contributed by atoms with van der Waals surface area (Å²) in [6.45, 7) is 1.99. The van der Waals surface area contributed by atoms with Crippen LogP contribution in [0, 0.1) is 0 Å². The highest BCUT2D eigenvalue weighted by atomic mass is 35.5. The van der Waals surface area contributed by atoms with Gasteiger partial charge in [-0.1, -0.05) is 41.9 Å². The van der Waals surface area contributed by atoms with Crippen LogP contribution < -0.4 is 5.32 Å². The van der Waals surface area contributed by atoms with Crippen LogP contribution in [0.2, 0.25) is 5.02 Å². The molecule has 1 atom stereocenters. The Morgan fingerprint density at radius 3 is 2.79 bits per heavy atom. The number of amides is 1. The van der Waals surface area contributed by atoms with E-state index < -0.39 is 0 Å². The number of rotatable bonds is 6. The second-order valence-corrected chi connectivity index (χ2v) is 6.49. The number of hydrogen-bond acceptors (Lipinski definition) is 2. The van der Waals surface area contributed by atoms with Gasteiger partial charge in [0, 0.05) is 29.3 Å². The minimum Gasteiger partial charge on any atom is -0.461 e. The van der Waals surface area contributed by atoms with Crippen molar-refractivity contribution >= 4 is 28.5 Å². The summed E-state index contributed by atoms with van der Waals surface area (Å²) >= 11 is 5.96. The molecule has 0 aliphatic rings. The molecule has 2 aromatic carbocycles. The number of fused-ring (bicyclic) bond motifs is 1. The molecule has 3 aromatic rings. The third kappa shape index (κ3) is 4.39. The molecule has 0 spiro atoms. The van der Waals surface area contributed by atoms with Crippen LogP contribution in [-0.2, 0) is 17.6 Å². The lowest BCUT2D eigenvalue weighted by Crippen LogP contribution is -2.34. The van der Waals surface area contributed by atoms with Crippen molar-refractivity contribution in [1.82, 2.24) is 5.32 Å². The molecular weight excluding hydrogens is 322 g/mol. The van der Waals surface area contributed by atoms with Crippen molar-refractivity contribution in [2.75, 3.05) is 0 Å². The predicted octanol–water partition coefficient (Wildman–Crippen LogP) is 4.77. The number of furan rings is 1. The van der Waals surface area contributed by atoms with Crippen LogP contribution in [0.1, 0.15) is 24.7 Å². The van der Waals surface area contributed by atoms with Crippen LogP contribution in [0.5, 0.6) is 0 Å². The Labute approximate surface area is 146 Å². The van der Waals surface area contributed by atoms with Crippen molar-refractivity contribution in [2.45, 2.75) is 32.2 Å². The number of nitrogens with one attached hydrogen (secondary N) is 1. The maximum Gasteiger partial charge on any atom is 0.220 e. The molecular formula is C20H20ClNO2. The van der Waals surface area contributed by atoms with E-state index in [0.717, 1.165) is 22.3 Å². The number of carbonyl (C=O) groups excluding carboxylic acids is 1. The van der Waals surface area contributed by atoms with Crippen LogP contribution in [0.4, 0.5) is 0 Å². The van der Waals surface area contributed by atoms with Crippen molar-refractivity contribution in [3.8, 4) is 0 Å². The van der Waals surface area contributed by atoms with E-state index in [0.29, 0.717) is 24.3 Å². The Morgan fingerprint density at radius 2 is 2.00 bits per heavy atom. The summed E-state index contributed by atoms with van der Waals surface area (Å²) in [5.41, 5.74) is 1.95. The summed E-state index contributed by atoms with van der Waals surface area (Å²) in [5, 5.41) is 4.82. The number of carbonyl (C=O) groups is 1. The van der Waals surface area contributed by atoms with Gasteiger partial charge in [-0.2, -0.15) is 0 Å². The lowest BCUT2D eigenvalue weighted by Gasteiger charge is -2.12. The molecule has 0 aliphatic carbocycles. The number of aryl methyl sites for hydroxylation is 1. The first-order chi connectivity index (χ1) is 11.6. The van der Waals surface area contributed by atoms with Gasteiger partial charge in [0.15, 0.2) is 0 Å². The number of para-hydroxylation sites is 1. The molecule has 0 bridgehead atoms. The van der Waals surface area contributed by atoms with E-state index >= 15 is 0 Å². The van der Waals surface area contributed by atoms with Gasteiger partial charge in [-0.25, -0.2) is 0 Å². The zero-order chi connectivity index (χ0) is 16.9. The number of hydrogen-bond donors (Lipinski definition) is 1. The molecule has 0 fully saturated rings. The summed E-state index contributed by atoms with van der Waals surface area (Å²) in [5.74, 6) is 0.928. The molecule has 124 valence electrons. The molecule has 1 aromatic heterocycles. The van der Waals surface area contributed by atoms with E-state index in [9.17, 15) is 4.79 Å². The fraction of sp³-hybridized carbons (Fsp3) is 0.250. The van der Waals surface area contributed by atoms with Crippen molar-refractivity contribution in [1.29, 1.82) is 0 Å². The normalized spacial score (nSPS) is 12.2. The molecule has 1 amide bonds. The highest BCUT2D eigenvalue weighted by molar-refractivity contribution is 6.30. The molecule has 24 heavy (non-hydrogen) atoms. The lowest BCUT2D eigenvalue weighted by molar-refractivity contribution is -0.121. The van der Waals surface area contributed by atoms with Crippen LogP contribution >= 0.6 is 11.6 Å². The average molecular weight is 342 g/mol. The van der Waals surface area contributed by atoms with E-state index in [2.05, 4.69) is 5.32 Å². The average Bonchev–Trinajstić information content (AvgIpc) is 2.95. The first-order valence-electron chi connectivity index (χ1n) is 8.11. The fourth-order valence-electron chi connectivity index (χ4n) is 2.79. The molecule has 3 nitrogen and oxygen atoms in total. The van der Waals surface area contributed by atoms with Crippen LogP contribution in [0.3, 0.4) is 0 Å². The Hall–Kier alpha value is -2.26. The van der Waals surface area contributed by atoms with E-state index in [1.807, 2.05) is 61.5 Å². The van der Waals surface area contributed by atoms with Crippen LogP contribution in [0.15, 0.2) is 59.0 Å². The van der Waals surface area contributed by atoms with Crippen LogP contribution in [0.25, 0.3) is 11.0 Å². The van der Waals surface area contributed by atoms with Gasteiger partial charge in [-0.3, -0.25) is 4.79 Å². The topological polar surface area (TPSA) is 42.2 Å². The van der Waals surface area contributed by atoms with Gasteiger partial charge in [-0.15, -0.1) is 0 Å². The van der Waals surface area contributed by atoms with Gasteiger partial charge in [0.2, 0.25) is 5.91 Å². The van der Waals surface area contributed by atoms with Crippen LogP contribution in [-0.4, -0.2) is 11.9 Å². The summed E-state index contributed by atoms with van der Waals surface area (Å²) in [7, 11) is 0. The van der Waals surface area contributed by atoms with Gasteiger partial charge in [-0.05, 0) is 43.2 Å². The fourth-order valence-corrected chi connectivity index (χ4v) is 3.00. The zero-order valence-electron chi connectivity index (χ0n) is 13.6. The van der Waals surface area contributed by atoms with E-state index in [4.69, 9.17) is 16.0 Å². The molecule has 1 heterocycles. The molecule has 0 radical (unpaired) electrons. The number of halogens is 1. The van der Waals surface area contributed by atoms with Gasteiger partial charge < -0.3 is 9.73 Å². The standard InChI is InChI=1S/C20H20ClNO2/c1-14(11-18-13-16-6-2-3-8-19(16)24-18)22-20(23)10-9-15-5-4-7-17(21)12-15/h2-8,12-14H,9-11H2,1H3,(H,22,23). The summed E-state index contributed by atoms with van der Waals surface area (Å²) < 4.78 is 5.80. The number of benzene rings is 2. The molecule has 1 N–H and O–H groups in total. The van der Waals surface area contributed by atoms with Gasteiger partial charge >= 0.3 is 0 Å². The predicted molar refractivity (Wildman–Crippen MR) is 97.3 cm³/mol. The lowest BCUT2D eigenvalue weighted by atomic mass is 10.1. The van der Waals surface area contributed by atoms with Crippen molar-refractivity contribution in [3.05, 3.63) is 70.9 Å². The first-order valence-corrected chi connectivity index (χ1v) is 8.49. The minimum absolute atomic E-state index is 0.0254. The third-order valence-electron chi connectivity index (χ3n) is 3.92. The van der Waals surface area contributed by atoms with E-state index in [1.165, 1.54) is 0 Å². The monoisotopic (exact) mass is 341 g/mol. The zero-order valence-corrected chi connectivity index (χ0v) is 14.3. The second-order valence-electron chi connectivity index (χ2n) is 6.05. The molecule has 4 heteroatoms. The maximum absolute atomic E-state index is 12.1. The van der Waals surface area contributed by atoms with Gasteiger partial charge in [0.05, 0.1) is 0 Å². The van der Waals surface area contributed by atoms with E-state index in [-0.39, 0.29) is 11.9 Å². The van der Waals surface area contributed by atoms with Crippen molar-refractivity contribution in [2.24, 2.45) is 0 Å². The molecule has 1 unspecified atom stereocenters. The first kappa shape index (κ1) is 16.6. The molecule has 0 aliphatic heterocycles. The maximum atomic E-state index is 12.1. The highest BCUT2D eigenvalue weighted by Crippen LogP contribution is 2.19. The highest BCUT2D eigenvalue weighted by Gasteiger charge is 2.11. The molecule has 0 saturated heterocycles. The van der Waals surface area contributed by atoms with Crippen molar-refractivity contribution < 1.29 is 9.21 Å². The largest absolute Gasteiger partial charge is 0.461 e. The second kappa shape index (κ2) is 7.54. The van der Waals surface area contributed by atoms with Crippen molar-refractivity contribution in [3.63, 3.8) is 0 Å². The Kier molecular flexibility index (Phi) is 5.21.